The largest absolute Gasteiger partial charge is 0.496 e. The quantitative estimate of drug-likeness (QED) is 0.822. The zero-order valence-corrected chi connectivity index (χ0v) is 12.8. The molecule has 3 heteroatoms. The van der Waals surface area contributed by atoms with Crippen molar-refractivity contribution in [2.24, 2.45) is 0 Å². The number of benzene rings is 1. The van der Waals surface area contributed by atoms with Gasteiger partial charge in [0, 0.05) is 18.2 Å². The fraction of sp³-hybridized carbons (Fsp3) is 0.625. The minimum atomic E-state index is 0.233. The molecule has 3 nitrogen and oxygen atoms in total. The van der Waals surface area contributed by atoms with Crippen molar-refractivity contribution < 1.29 is 9.84 Å². The summed E-state index contributed by atoms with van der Waals surface area (Å²) in [5.41, 5.74) is 2.54. The lowest BCUT2D eigenvalue weighted by Crippen LogP contribution is -2.21. The first kappa shape index (κ1) is 16.0. The molecule has 1 aromatic carbocycles. The minimum absolute atomic E-state index is 0.233. The second-order valence-corrected chi connectivity index (χ2v) is 5.50. The second-order valence-electron chi connectivity index (χ2n) is 5.50. The highest BCUT2D eigenvalue weighted by Gasteiger charge is 2.19. The number of ether oxygens (including phenoxy) is 1. The van der Waals surface area contributed by atoms with Crippen molar-refractivity contribution >= 4 is 0 Å². The molecule has 0 spiro atoms. The lowest BCUT2D eigenvalue weighted by molar-refractivity contribution is 0.231. The van der Waals surface area contributed by atoms with Gasteiger partial charge in [0.1, 0.15) is 5.75 Å². The van der Waals surface area contributed by atoms with E-state index in [9.17, 15) is 0 Å². The van der Waals surface area contributed by atoms with E-state index in [-0.39, 0.29) is 12.6 Å². The van der Waals surface area contributed by atoms with Crippen molar-refractivity contribution in [2.45, 2.75) is 38.6 Å². The van der Waals surface area contributed by atoms with E-state index in [4.69, 9.17) is 9.84 Å². The van der Waals surface area contributed by atoms with E-state index in [1.165, 1.54) is 11.1 Å². The standard InChI is InChI=1S/C16H27NO2/c1-12(2)13-8-9-16(19-5)14(11-13)15(17(3)4)7-6-10-18/h8-9,11-12,15,18H,6-7,10H2,1-5H3. The molecule has 0 radical (unpaired) electrons. The number of aliphatic hydroxyl groups excluding tert-OH is 1. The maximum absolute atomic E-state index is 9.06. The van der Waals surface area contributed by atoms with Crippen LogP contribution in [0.3, 0.4) is 0 Å². The monoisotopic (exact) mass is 265 g/mol. The highest BCUT2D eigenvalue weighted by molar-refractivity contribution is 5.40. The van der Waals surface area contributed by atoms with Gasteiger partial charge in [-0.1, -0.05) is 26.0 Å². The van der Waals surface area contributed by atoms with Crippen LogP contribution >= 0.6 is 0 Å². The maximum Gasteiger partial charge on any atom is 0.123 e. The summed E-state index contributed by atoms with van der Waals surface area (Å²) in [5, 5.41) is 9.06. The average Bonchev–Trinajstić information content (AvgIpc) is 2.38. The number of methoxy groups -OCH3 is 1. The first-order chi connectivity index (χ1) is 9.01. The Morgan fingerprint density at radius 1 is 1.26 bits per heavy atom. The molecule has 1 rings (SSSR count). The molecular formula is C16H27NO2. The third-order valence-electron chi connectivity index (χ3n) is 3.54. The Morgan fingerprint density at radius 3 is 2.42 bits per heavy atom. The molecular weight excluding hydrogens is 238 g/mol. The van der Waals surface area contributed by atoms with Crippen LogP contribution in [0.25, 0.3) is 0 Å². The Labute approximate surface area is 117 Å². The van der Waals surface area contributed by atoms with Gasteiger partial charge in [-0.2, -0.15) is 0 Å². The van der Waals surface area contributed by atoms with E-state index in [1.54, 1.807) is 7.11 Å². The first-order valence-electron chi connectivity index (χ1n) is 6.96. The second kappa shape index (κ2) is 7.51. The molecule has 0 bridgehead atoms. The normalized spacial score (nSPS) is 13.1. The minimum Gasteiger partial charge on any atom is -0.496 e. The number of hydrogen-bond acceptors (Lipinski definition) is 3. The first-order valence-corrected chi connectivity index (χ1v) is 6.96. The highest BCUT2D eigenvalue weighted by atomic mass is 16.5. The van der Waals surface area contributed by atoms with Gasteiger partial charge in [0.25, 0.3) is 0 Å². The SMILES string of the molecule is COc1ccc(C(C)C)cc1C(CCCO)N(C)C. The Morgan fingerprint density at radius 2 is 1.95 bits per heavy atom. The lowest BCUT2D eigenvalue weighted by Gasteiger charge is -2.27. The molecule has 1 aromatic rings. The summed E-state index contributed by atoms with van der Waals surface area (Å²) in [7, 11) is 5.86. The molecule has 0 aliphatic carbocycles. The van der Waals surface area contributed by atoms with Crippen LogP contribution in [0.4, 0.5) is 0 Å². The zero-order chi connectivity index (χ0) is 14.4. The molecule has 0 saturated heterocycles. The topological polar surface area (TPSA) is 32.7 Å². The van der Waals surface area contributed by atoms with Gasteiger partial charge in [-0.3, -0.25) is 0 Å². The van der Waals surface area contributed by atoms with Crippen LogP contribution in [0, 0.1) is 0 Å². The summed E-state index contributed by atoms with van der Waals surface area (Å²) in [6.45, 7) is 4.63. The fourth-order valence-electron chi connectivity index (χ4n) is 2.35. The van der Waals surface area contributed by atoms with Crippen molar-refractivity contribution in [3.05, 3.63) is 29.3 Å². The number of hydrogen-bond donors (Lipinski definition) is 1. The van der Waals surface area contributed by atoms with Crippen LogP contribution in [-0.2, 0) is 0 Å². The zero-order valence-electron chi connectivity index (χ0n) is 12.8. The van der Waals surface area contributed by atoms with Crippen LogP contribution in [0.15, 0.2) is 18.2 Å². The van der Waals surface area contributed by atoms with Gasteiger partial charge in [-0.05, 0) is 44.5 Å². The number of rotatable bonds is 7. The smallest absolute Gasteiger partial charge is 0.123 e. The molecule has 0 aromatic heterocycles. The summed E-state index contributed by atoms with van der Waals surface area (Å²) < 4.78 is 5.50. The van der Waals surface area contributed by atoms with Gasteiger partial charge >= 0.3 is 0 Å². The predicted molar refractivity (Wildman–Crippen MR) is 79.8 cm³/mol. The number of aliphatic hydroxyl groups is 1. The fourth-order valence-corrected chi connectivity index (χ4v) is 2.35. The van der Waals surface area contributed by atoms with Crippen molar-refractivity contribution in [1.29, 1.82) is 0 Å². The van der Waals surface area contributed by atoms with Crippen LogP contribution in [0.1, 0.15) is 49.8 Å². The summed E-state index contributed by atoms with van der Waals surface area (Å²) in [5.74, 6) is 1.44. The van der Waals surface area contributed by atoms with Gasteiger partial charge in [0.15, 0.2) is 0 Å². The van der Waals surface area contributed by atoms with E-state index in [0.29, 0.717) is 5.92 Å². The van der Waals surface area contributed by atoms with E-state index < -0.39 is 0 Å². The van der Waals surface area contributed by atoms with Crippen LogP contribution in [0.2, 0.25) is 0 Å². The molecule has 1 atom stereocenters. The molecule has 0 heterocycles. The van der Waals surface area contributed by atoms with E-state index in [0.717, 1.165) is 18.6 Å². The van der Waals surface area contributed by atoms with Crippen molar-refractivity contribution in [3.8, 4) is 5.75 Å². The van der Waals surface area contributed by atoms with Gasteiger partial charge in [0.05, 0.1) is 7.11 Å². The Balaban J connectivity index is 3.14. The summed E-state index contributed by atoms with van der Waals surface area (Å²) in [6, 6.07) is 6.71. The van der Waals surface area contributed by atoms with Crippen LogP contribution in [-0.4, -0.2) is 37.8 Å². The molecule has 0 fully saturated rings. The van der Waals surface area contributed by atoms with E-state index in [1.807, 2.05) is 0 Å². The molecule has 0 aliphatic rings. The Bertz CT molecular complexity index is 388. The van der Waals surface area contributed by atoms with Crippen molar-refractivity contribution in [3.63, 3.8) is 0 Å². The molecule has 108 valence electrons. The summed E-state index contributed by atoms with van der Waals surface area (Å²) in [6.07, 6.45) is 1.74. The molecule has 0 saturated carbocycles. The van der Waals surface area contributed by atoms with Crippen molar-refractivity contribution in [2.75, 3.05) is 27.8 Å². The lowest BCUT2D eigenvalue weighted by atomic mass is 9.94. The molecule has 1 unspecified atom stereocenters. The highest BCUT2D eigenvalue weighted by Crippen LogP contribution is 2.33. The molecule has 0 aliphatic heterocycles. The summed E-state index contributed by atoms with van der Waals surface area (Å²) in [4.78, 5) is 2.19. The third kappa shape index (κ3) is 4.22. The van der Waals surface area contributed by atoms with Gasteiger partial charge in [-0.15, -0.1) is 0 Å². The average molecular weight is 265 g/mol. The van der Waals surface area contributed by atoms with E-state index in [2.05, 4.69) is 51.0 Å². The Hall–Kier alpha value is -1.06. The van der Waals surface area contributed by atoms with Crippen LogP contribution in [0.5, 0.6) is 5.75 Å². The van der Waals surface area contributed by atoms with E-state index >= 15 is 0 Å². The third-order valence-corrected chi connectivity index (χ3v) is 3.54. The van der Waals surface area contributed by atoms with Gasteiger partial charge in [-0.25, -0.2) is 0 Å². The summed E-state index contributed by atoms with van der Waals surface area (Å²) >= 11 is 0. The van der Waals surface area contributed by atoms with Gasteiger partial charge in [0.2, 0.25) is 0 Å². The molecule has 1 N–H and O–H groups in total. The number of nitrogens with zero attached hydrogens (tertiary/aromatic N) is 1. The van der Waals surface area contributed by atoms with Crippen molar-refractivity contribution in [1.82, 2.24) is 4.90 Å². The van der Waals surface area contributed by atoms with Gasteiger partial charge < -0.3 is 14.7 Å². The molecule has 19 heavy (non-hydrogen) atoms. The van der Waals surface area contributed by atoms with Crippen LogP contribution < -0.4 is 4.74 Å². The predicted octanol–water partition coefficient (Wildman–Crippen LogP) is 3.19. The molecule has 0 amide bonds. The maximum atomic E-state index is 9.06. The Kier molecular flexibility index (Phi) is 6.32.